The molecule has 2 heterocycles. The number of hydrogen-bond donors (Lipinski definition) is 1. The summed E-state index contributed by atoms with van der Waals surface area (Å²) in [5.74, 6) is 0.930. The van der Waals surface area contributed by atoms with Crippen molar-refractivity contribution in [3.8, 4) is 0 Å². The average molecular weight is 305 g/mol. The quantitative estimate of drug-likeness (QED) is 0.879. The van der Waals surface area contributed by atoms with Crippen LogP contribution in [0.1, 0.15) is 24.2 Å². The van der Waals surface area contributed by atoms with E-state index in [4.69, 9.17) is 0 Å². The summed E-state index contributed by atoms with van der Waals surface area (Å²) in [6.07, 6.45) is 1.94. The molecule has 1 aromatic rings. The molecule has 2 rings (SSSR count). The van der Waals surface area contributed by atoms with Crippen molar-refractivity contribution in [3.05, 3.63) is 17.5 Å². The Balaban J connectivity index is 1.95. The number of likely N-dealkylation sites (N-methyl/N-ethyl adjacent to an activating group) is 1. The molecule has 22 heavy (non-hydrogen) atoms. The second-order valence-electron chi connectivity index (χ2n) is 6.33. The summed E-state index contributed by atoms with van der Waals surface area (Å²) in [5.41, 5.74) is 1.94. The minimum absolute atomic E-state index is 0.0281. The lowest BCUT2D eigenvalue weighted by molar-refractivity contribution is -0.125. The van der Waals surface area contributed by atoms with Gasteiger partial charge in [-0.3, -0.25) is 4.79 Å². The molecule has 0 saturated carbocycles. The first-order chi connectivity index (χ1) is 10.5. The number of amides is 1. The Morgan fingerprint density at radius 2 is 2.05 bits per heavy atom. The largest absolute Gasteiger partial charge is 0.355 e. The first-order valence-electron chi connectivity index (χ1n) is 7.95. The van der Waals surface area contributed by atoms with Gasteiger partial charge in [-0.25, -0.2) is 9.97 Å². The summed E-state index contributed by atoms with van der Waals surface area (Å²) in [5, 5.41) is 3.03. The van der Waals surface area contributed by atoms with E-state index >= 15 is 0 Å². The van der Waals surface area contributed by atoms with Gasteiger partial charge in [-0.1, -0.05) is 0 Å². The van der Waals surface area contributed by atoms with E-state index in [0.29, 0.717) is 13.1 Å². The summed E-state index contributed by atoms with van der Waals surface area (Å²) in [7, 11) is 4.01. The minimum atomic E-state index is 0.0281. The smallest absolute Gasteiger partial charge is 0.225 e. The summed E-state index contributed by atoms with van der Waals surface area (Å²) < 4.78 is 0. The zero-order valence-corrected chi connectivity index (χ0v) is 14.1. The van der Waals surface area contributed by atoms with Gasteiger partial charge in [0, 0.05) is 37.6 Å². The Labute approximate surface area is 132 Å². The van der Waals surface area contributed by atoms with E-state index in [2.05, 4.69) is 25.1 Å². The van der Waals surface area contributed by atoms with Crippen molar-refractivity contribution in [2.24, 2.45) is 5.92 Å². The molecule has 0 aromatic carbocycles. The molecule has 0 spiro atoms. The summed E-state index contributed by atoms with van der Waals surface area (Å²) in [6.45, 7) is 7.15. The number of carbonyl (C=O) groups excluding carboxylic acids is 1. The fraction of sp³-hybridized carbons (Fsp3) is 0.688. The lowest BCUT2D eigenvalue weighted by Gasteiger charge is -2.32. The van der Waals surface area contributed by atoms with E-state index < -0.39 is 0 Å². The van der Waals surface area contributed by atoms with Gasteiger partial charge in [-0.2, -0.15) is 0 Å². The van der Waals surface area contributed by atoms with Gasteiger partial charge in [0.2, 0.25) is 11.9 Å². The standard InChI is InChI=1S/C16H27N5O/c1-12-10-13(2)19-16(18-12)21-8-5-6-14(11-21)15(22)17-7-9-20(3)4/h10,14H,5-9,11H2,1-4H3,(H,17,22). The van der Waals surface area contributed by atoms with Crippen LogP contribution in [0.4, 0.5) is 5.95 Å². The molecule has 6 nitrogen and oxygen atoms in total. The fourth-order valence-electron chi connectivity index (χ4n) is 2.77. The lowest BCUT2D eigenvalue weighted by Crippen LogP contribution is -2.45. The van der Waals surface area contributed by atoms with Crippen LogP contribution in [0.3, 0.4) is 0 Å². The molecule has 1 unspecified atom stereocenters. The van der Waals surface area contributed by atoms with Crippen molar-refractivity contribution in [2.45, 2.75) is 26.7 Å². The number of nitrogens with zero attached hydrogens (tertiary/aromatic N) is 4. The number of nitrogens with one attached hydrogen (secondary N) is 1. The molecule has 0 bridgehead atoms. The lowest BCUT2D eigenvalue weighted by atomic mass is 9.97. The highest BCUT2D eigenvalue weighted by molar-refractivity contribution is 5.79. The van der Waals surface area contributed by atoms with E-state index in [1.54, 1.807) is 0 Å². The number of carbonyl (C=O) groups is 1. The Morgan fingerprint density at radius 3 is 2.68 bits per heavy atom. The van der Waals surface area contributed by atoms with Crippen molar-refractivity contribution >= 4 is 11.9 Å². The Bertz CT molecular complexity index is 497. The first-order valence-corrected chi connectivity index (χ1v) is 7.95. The molecule has 0 aliphatic carbocycles. The number of aryl methyl sites for hydroxylation is 2. The van der Waals surface area contributed by atoms with Gasteiger partial charge in [0.05, 0.1) is 5.92 Å². The summed E-state index contributed by atoms with van der Waals surface area (Å²) >= 11 is 0. The SMILES string of the molecule is Cc1cc(C)nc(N2CCCC(C(=O)NCCN(C)C)C2)n1. The molecule has 1 atom stereocenters. The van der Waals surface area contributed by atoms with Crippen molar-refractivity contribution < 1.29 is 4.79 Å². The highest BCUT2D eigenvalue weighted by Gasteiger charge is 2.27. The summed E-state index contributed by atoms with van der Waals surface area (Å²) in [6, 6.07) is 1.97. The van der Waals surface area contributed by atoms with E-state index in [-0.39, 0.29) is 11.8 Å². The molecule has 1 N–H and O–H groups in total. The first kappa shape index (κ1) is 16.7. The van der Waals surface area contributed by atoms with Crippen LogP contribution in [0.5, 0.6) is 0 Å². The van der Waals surface area contributed by atoms with Gasteiger partial charge in [0.25, 0.3) is 0 Å². The fourth-order valence-corrected chi connectivity index (χ4v) is 2.77. The normalized spacial score (nSPS) is 18.6. The zero-order valence-electron chi connectivity index (χ0n) is 14.1. The molecule has 1 aliphatic heterocycles. The third-order valence-corrected chi connectivity index (χ3v) is 3.90. The molecule has 1 aromatic heterocycles. The van der Waals surface area contributed by atoms with Gasteiger partial charge < -0.3 is 15.1 Å². The van der Waals surface area contributed by atoms with Crippen LogP contribution in [0.25, 0.3) is 0 Å². The monoisotopic (exact) mass is 305 g/mol. The Morgan fingerprint density at radius 1 is 1.36 bits per heavy atom. The molecule has 1 aliphatic rings. The predicted molar refractivity (Wildman–Crippen MR) is 88.0 cm³/mol. The number of aromatic nitrogens is 2. The highest BCUT2D eigenvalue weighted by Crippen LogP contribution is 2.21. The molecule has 1 saturated heterocycles. The number of hydrogen-bond acceptors (Lipinski definition) is 5. The number of rotatable bonds is 5. The van der Waals surface area contributed by atoms with Crippen LogP contribution >= 0.6 is 0 Å². The van der Waals surface area contributed by atoms with Crippen molar-refractivity contribution in [1.29, 1.82) is 0 Å². The molecule has 122 valence electrons. The van der Waals surface area contributed by atoms with Crippen LogP contribution in [-0.4, -0.2) is 61.0 Å². The van der Waals surface area contributed by atoms with Gasteiger partial charge >= 0.3 is 0 Å². The minimum Gasteiger partial charge on any atom is -0.355 e. The second-order valence-corrected chi connectivity index (χ2v) is 6.33. The molecule has 0 radical (unpaired) electrons. The van der Waals surface area contributed by atoms with E-state index in [9.17, 15) is 4.79 Å². The molecule has 1 fully saturated rings. The van der Waals surface area contributed by atoms with Gasteiger partial charge in [0.1, 0.15) is 0 Å². The Hall–Kier alpha value is -1.69. The van der Waals surface area contributed by atoms with Crippen molar-refractivity contribution in [1.82, 2.24) is 20.2 Å². The molecular formula is C16H27N5O. The molecular weight excluding hydrogens is 278 g/mol. The van der Waals surface area contributed by atoms with Crippen LogP contribution in [0.2, 0.25) is 0 Å². The highest BCUT2D eigenvalue weighted by atomic mass is 16.1. The predicted octanol–water partition coefficient (Wildman–Crippen LogP) is 0.988. The summed E-state index contributed by atoms with van der Waals surface area (Å²) in [4.78, 5) is 25.5. The van der Waals surface area contributed by atoms with Crippen LogP contribution in [0, 0.1) is 19.8 Å². The molecule has 1 amide bonds. The maximum absolute atomic E-state index is 12.3. The van der Waals surface area contributed by atoms with Gasteiger partial charge in [-0.05, 0) is 46.9 Å². The Kier molecular flexibility index (Phi) is 5.71. The van der Waals surface area contributed by atoms with Gasteiger partial charge in [0.15, 0.2) is 0 Å². The topological polar surface area (TPSA) is 61.4 Å². The van der Waals surface area contributed by atoms with E-state index in [1.807, 2.05) is 34.0 Å². The van der Waals surface area contributed by atoms with E-state index in [1.165, 1.54) is 0 Å². The second kappa shape index (κ2) is 7.54. The van der Waals surface area contributed by atoms with Crippen molar-refractivity contribution in [2.75, 3.05) is 45.2 Å². The van der Waals surface area contributed by atoms with Crippen LogP contribution in [-0.2, 0) is 4.79 Å². The van der Waals surface area contributed by atoms with E-state index in [0.717, 1.165) is 43.3 Å². The van der Waals surface area contributed by atoms with Gasteiger partial charge in [-0.15, -0.1) is 0 Å². The molecule has 6 heteroatoms. The maximum Gasteiger partial charge on any atom is 0.225 e. The van der Waals surface area contributed by atoms with Crippen LogP contribution in [0.15, 0.2) is 6.07 Å². The number of anilines is 1. The number of piperidine rings is 1. The van der Waals surface area contributed by atoms with Crippen LogP contribution < -0.4 is 10.2 Å². The third kappa shape index (κ3) is 4.66. The van der Waals surface area contributed by atoms with Crippen molar-refractivity contribution in [3.63, 3.8) is 0 Å². The average Bonchev–Trinajstić information content (AvgIpc) is 2.46. The third-order valence-electron chi connectivity index (χ3n) is 3.90. The zero-order chi connectivity index (χ0) is 16.1. The maximum atomic E-state index is 12.3.